The fraction of sp³-hybridized carbons (Fsp3) is 0.500. The molecule has 0 aliphatic heterocycles. The van der Waals surface area contributed by atoms with Gasteiger partial charge in [0, 0.05) is 24.6 Å². The lowest BCUT2D eigenvalue weighted by Gasteiger charge is -2.11. The summed E-state index contributed by atoms with van der Waals surface area (Å²) in [5.74, 6) is 1.22. The van der Waals surface area contributed by atoms with Gasteiger partial charge < -0.3 is 10.6 Å². The maximum absolute atomic E-state index is 11.6. The Morgan fingerprint density at radius 2 is 2.35 bits per heavy atom. The summed E-state index contributed by atoms with van der Waals surface area (Å²) in [7, 11) is 0. The Bertz CT molecular complexity index is 651. The SMILES string of the molecule is Cc1c(Cl)nc2ncnn2c1NCCC(=O)NC1CC1. The van der Waals surface area contributed by atoms with E-state index in [0.29, 0.717) is 29.9 Å². The zero-order valence-electron chi connectivity index (χ0n) is 11.1. The van der Waals surface area contributed by atoms with Gasteiger partial charge in [0.15, 0.2) is 0 Å². The summed E-state index contributed by atoms with van der Waals surface area (Å²) >= 11 is 6.06. The molecule has 3 rings (SSSR count). The van der Waals surface area contributed by atoms with Crippen molar-refractivity contribution in [2.75, 3.05) is 11.9 Å². The Morgan fingerprint density at radius 3 is 3.10 bits per heavy atom. The van der Waals surface area contributed by atoms with Crippen molar-refractivity contribution in [1.29, 1.82) is 0 Å². The van der Waals surface area contributed by atoms with Crippen LogP contribution in [-0.4, -0.2) is 38.1 Å². The zero-order valence-corrected chi connectivity index (χ0v) is 11.8. The molecule has 2 N–H and O–H groups in total. The molecule has 0 atom stereocenters. The van der Waals surface area contributed by atoms with Crippen LogP contribution in [-0.2, 0) is 4.79 Å². The van der Waals surface area contributed by atoms with Gasteiger partial charge >= 0.3 is 0 Å². The summed E-state index contributed by atoms with van der Waals surface area (Å²) in [5, 5.41) is 10.6. The van der Waals surface area contributed by atoms with Crippen molar-refractivity contribution in [3.8, 4) is 0 Å². The molecule has 1 aliphatic rings. The smallest absolute Gasteiger partial charge is 0.255 e. The topological polar surface area (TPSA) is 84.2 Å². The summed E-state index contributed by atoms with van der Waals surface area (Å²) in [6.45, 7) is 2.36. The van der Waals surface area contributed by atoms with E-state index in [4.69, 9.17) is 11.6 Å². The molecule has 1 saturated carbocycles. The number of anilines is 1. The van der Waals surface area contributed by atoms with Crippen LogP contribution in [0.3, 0.4) is 0 Å². The Labute approximate surface area is 120 Å². The third kappa shape index (κ3) is 2.67. The predicted octanol–water partition coefficient (Wildman–Crippen LogP) is 1.17. The molecule has 7 nitrogen and oxygen atoms in total. The van der Waals surface area contributed by atoms with Gasteiger partial charge in [-0.1, -0.05) is 11.6 Å². The Balaban J connectivity index is 1.68. The summed E-state index contributed by atoms with van der Waals surface area (Å²) < 4.78 is 1.58. The minimum Gasteiger partial charge on any atom is -0.369 e. The predicted molar refractivity (Wildman–Crippen MR) is 74.8 cm³/mol. The molecule has 0 aromatic carbocycles. The second-order valence-corrected chi connectivity index (χ2v) is 5.22. The number of hydrogen-bond donors (Lipinski definition) is 2. The summed E-state index contributed by atoms with van der Waals surface area (Å²) in [5.41, 5.74) is 0.785. The van der Waals surface area contributed by atoms with E-state index in [1.165, 1.54) is 6.33 Å². The van der Waals surface area contributed by atoms with E-state index >= 15 is 0 Å². The van der Waals surface area contributed by atoms with Crippen molar-refractivity contribution in [2.45, 2.75) is 32.2 Å². The third-order valence-electron chi connectivity index (χ3n) is 3.19. The number of rotatable bonds is 5. The first-order valence-electron chi connectivity index (χ1n) is 6.54. The van der Waals surface area contributed by atoms with Crippen molar-refractivity contribution < 1.29 is 4.79 Å². The number of carbonyl (C=O) groups excluding carboxylic acids is 1. The van der Waals surface area contributed by atoms with Gasteiger partial charge in [-0.3, -0.25) is 4.79 Å². The maximum Gasteiger partial charge on any atom is 0.255 e. The summed E-state index contributed by atoms with van der Waals surface area (Å²) in [4.78, 5) is 19.8. The van der Waals surface area contributed by atoms with Gasteiger partial charge in [-0.2, -0.15) is 19.6 Å². The number of amides is 1. The molecule has 20 heavy (non-hydrogen) atoms. The quantitative estimate of drug-likeness (QED) is 0.809. The van der Waals surface area contributed by atoms with Crippen molar-refractivity contribution in [3.63, 3.8) is 0 Å². The highest BCUT2D eigenvalue weighted by molar-refractivity contribution is 6.30. The second kappa shape index (κ2) is 5.24. The van der Waals surface area contributed by atoms with Crippen LogP contribution < -0.4 is 10.6 Å². The molecule has 1 aliphatic carbocycles. The molecule has 2 aromatic heterocycles. The van der Waals surface area contributed by atoms with Crippen molar-refractivity contribution >= 4 is 29.1 Å². The first-order chi connectivity index (χ1) is 9.65. The van der Waals surface area contributed by atoms with Gasteiger partial charge in [0.1, 0.15) is 17.3 Å². The maximum atomic E-state index is 11.6. The Morgan fingerprint density at radius 1 is 1.55 bits per heavy atom. The highest BCUT2D eigenvalue weighted by Gasteiger charge is 2.22. The van der Waals surface area contributed by atoms with Crippen molar-refractivity contribution in [2.24, 2.45) is 0 Å². The number of carbonyl (C=O) groups is 1. The van der Waals surface area contributed by atoms with Gasteiger partial charge in [0.25, 0.3) is 5.78 Å². The Hall–Kier alpha value is -1.89. The second-order valence-electron chi connectivity index (χ2n) is 4.87. The van der Waals surface area contributed by atoms with Crippen LogP contribution >= 0.6 is 11.6 Å². The Kier molecular flexibility index (Phi) is 3.43. The number of nitrogens with one attached hydrogen (secondary N) is 2. The molecule has 0 radical (unpaired) electrons. The molecule has 0 bridgehead atoms. The van der Waals surface area contributed by atoms with Crippen molar-refractivity contribution in [1.82, 2.24) is 24.9 Å². The lowest BCUT2D eigenvalue weighted by atomic mass is 10.3. The average molecular weight is 295 g/mol. The normalized spacial score (nSPS) is 14.5. The molecule has 2 aromatic rings. The minimum absolute atomic E-state index is 0.0626. The molecule has 0 unspecified atom stereocenters. The molecular weight excluding hydrogens is 280 g/mol. The molecule has 1 fully saturated rings. The summed E-state index contributed by atoms with van der Waals surface area (Å²) in [6, 6.07) is 0.390. The fourth-order valence-corrected chi connectivity index (χ4v) is 2.09. The number of aromatic nitrogens is 4. The van der Waals surface area contributed by atoms with Gasteiger partial charge in [-0.25, -0.2) is 0 Å². The highest BCUT2D eigenvalue weighted by Crippen LogP contribution is 2.22. The van der Waals surface area contributed by atoms with Gasteiger partial charge in [0.2, 0.25) is 5.91 Å². The van der Waals surface area contributed by atoms with Crippen LogP contribution in [0.1, 0.15) is 24.8 Å². The fourth-order valence-electron chi connectivity index (χ4n) is 1.93. The van der Waals surface area contributed by atoms with E-state index in [0.717, 1.165) is 24.2 Å². The van der Waals surface area contributed by atoms with E-state index < -0.39 is 0 Å². The standard InChI is InChI=1S/C12H15ClN6O/c1-7-10(13)18-12-15-6-16-19(12)11(7)14-5-4-9(20)17-8-2-3-8/h6,8,14H,2-5H2,1H3,(H,17,20). The molecule has 2 heterocycles. The largest absolute Gasteiger partial charge is 0.369 e. The van der Waals surface area contributed by atoms with Crippen LogP contribution in [0.15, 0.2) is 6.33 Å². The average Bonchev–Trinajstić information content (AvgIpc) is 3.10. The molecular formula is C12H15ClN6O. The highest BCUT2D eigenvalue weighted by atomic mass is 35.5. The lowest BCUT2D eigenvalue weighted by Crippen LogP contribution is -2.27. The van der Waals surface area contributed by atoms with Crippen LogP contribution in [0, 0.1) is 6.92 Å². The third-order valence-corrected chi connectivity index (χ3v) is 3.56. The number of halogens is 1. The first kappa shape index (κ1) is 13.1. The lowest BCUT2D eigenvalue weighted by molar-refractivity contribution is -0.120. The van der Waals surface area contributed by atoms with Gasteiger partial charge in [0.05, 0.1) is 0 Å². The molecule has 106 valence electrons. The minimum atomic E-state index is 0.0626. The van der Waals surface area contributed by atoms with Crippen LogP contribution in [0.25, 0.3) is 5.78 Å². The molecule has 0 saturated heterocycles. The van der Waals surface area contributed by atoms with E-state index in [9.17, 15) is 4.79 Å². The van der Waals surface area contributed by atoms with E-state index in [-0.39, 0.29) is 5.91 Å². The van der Waals surface area contributed by atoms with E-state index in [1.807, 2.05) is 6.92 Å². The number of nitrogens with zero attached hydrogens (tertiary/aromatic N) is 4. The van der Waals surface area contributed by atoms with E-state index in [2.05, 4.69) is 25.7 Å². The molecule has 0 spiro atoms. The summed E-state index contributed by atoms with van der Waals surface area (Å²) in [6.07, 6.45) is 4.02. The molecule has 8 heteroatoms. The monoisotopic (exact) mass is 294 g/mol. The van der Waals surface area contributed by atoms with E-state index in [1.54, 1.807) is 4.52 Å². The zero-order chi connectivity index (χ0) is 14.1. The van der Waals surface area contributed by atoms with Gasteiger partial charge in [-0.05, 0) is 19.8 Å². The van der Waals surface area contributed by atoms with Crippen LogP contribution in [0.4, 0.5) is 5.82 Å². The van der Waals surface area contributed by atoms with Gasteiger partial charge in [-0.15, -0.1) is 0 Å². The molecule has 1 amide bonds. The van der Waals surface area contributed by atoms with Crippen LogP contribution in [0.5, 0.6) is 0 Å². The van der Waals surface area contributed by atoms with Crippen LogP contribution in [0.2, 0.25) is 5.15 Å². The number of fused-ring (bicyclic) bond motifs is 1. The first-order valence-corrected chi connectivity index (χ1v) is 6.92. The van der Waals surface area contributed by atoms with Crippen molar-refractivity contribution in [3.05, 3.63) is 17.0 Å². The number of hydrogen-bond acceptors (Lipinski definition) is 5.